The summed E-state index contributed by atoms with van der Waals surface area (Å²) in [4.78, 5) is 23.1. The van der Waals surface area contributed by atoms with Crippen LogP contribution < -0.4 is 16.0 Å². The smallest absolute Gasteiger partial charge is 0.321 e. The number of imide groups is 1. The first-order valence-corrected chi connectivity index (χ1v) is 7.39. The maximum atomic E-state index is 11.7. The van der Waals surface area contributed by atoms with E-state index >= 15 is 0 Å². The molecule has 116 valence electrons. The van der Waals surface area contributed by atoms with Crippen molar-refractivity contribution in [2.75, 3.05) is 6.54 Å². The van der Waals surface area contributed by atoms with Crippen LogP contribution in [0.1, 0.15) is 38.8 Å². The molecule has 0 aliphatic rings. The average molecular weight is 312 g/mol. The summed E-state index contributed by atoms with van der Waals surface area (Å²) < 4.78 is 0. The minimum atomic E-state index is -0.463. The number of rotatable bonds is 6. The Balaban J connectivity index is 2.35. The van der Waals surface area contributed by atoms with Gasteiger partial charge in [0.15, 0.2) is 0 Å². The number of benzene rings is 1. The largest absolute Gasteiger partial charge is 0.335 e. The molecule has 2 atom stereocenters. The third-order valence-electron chi connectivity index (χ3n) is 3.18. The standard InChI is InChI=1S/C15H22ClN3O2/c1-4-10(2)18-15(21)19-14(20)9-17-11(3)12-5-7-13(16)8-6-12/h5-8,10-11,17H,4,9H2,1-3H3,(H2,18,19,20,21)/t10-,11-/m0/s1. The topological polar surface area (TPSA) is 70.2 Å². The fourth-order valence-corrected chi connectivity index (χ4v) is 1.77. The summed E-state index contributed by atoms with van der Waals surface area (Å²) in [6, 6.07) is 6.96. The van der Waals surface area contributed by atoms with E-state index in [4.69, 9.17) is 11.6 Å². The summed E-state index contributed by atoms with van der Waals surface area (Å²) >= 11 is 5.83. The second-order valence-electron chi connectivity index (χ2n) is 4.99. The van der Waals surface area contributed by atoms with Crippen LogP contribution in [0.2, 0.25) is 5.02 Å². The molecule has 0 aromatic heterocycles. The van der Waals surface area contributed by atoms with Gasteiger partial charge >= 0.3 is 6.03 Å². The van der Waals surface area contributed by atoms with Crippen molar-refractivity contribution in [2.45, 2.75) is 39.3 Å². The highest BCUT2D eigenvalue weighted by atomic mass is 35.5. The second-order valence-corrected chi connectivity index (χ2v) is 5.42. The first kappa shape index (κ1) is 17.5. The maximum Gasteiger partial charge on any atom is 0.321 e. The van der Waals surface area contributed by atoms with Crippen molar-refractivity contribution in [3.05, 3.63) is 34.9 Å². The number of carbonyl (C=O) groups is 2. The molecule has 0 saturated carbocycles. The van der Waals surface area contributed by atoms with E-state index in [1.165, 1.54) is 0 Å². The van der Waals surface area contributed by atoms with E-state index in [1.807, 2.05) is 32.9 Å². The third-order valence-corrected chi connectivity index (χ3v) is 3.43. The summed E-state index contributed by atoms with van der Waals surface area (Å²) in [5.74, 6) is -0.364. The molecule has 0 aliphatic carbocycles. The Morgan fingerprint density at radius 2 is 1.81 bits per heavy atom. The lowest BCUT2D eigenvalue weighted by Crippen LogP contribution is -2.46. The molecule has 0 heterocycles. The van der Waals surface area contributed by atoms with Gasteiger partial charge in [-0.05, 0) is 38.0 Å². The van der Waals surface area contributed by atoms with Gasteiger partial charge in [-0.2, -0.15) is 0 Å². The molecule has 1 rings (SSSR count). The SMILES string of the molecule is CC[C@H](C)NC(=O)NC(=O)CN[C@@H](C)c1ccc(Cl)cc1. The van der Waals surface area contributed by atoms with Crippen LogP contribution in [0.3, 0.4) is 0 Å². The fourth-order valence-electron chi connectivity index (χ4n) is 1.65. The lowest BCUT2D eigenvalue weighted by Gasteiger charge is -2.15. The Bertz CT molecular complexity index is 476. The highest BCUT2D eigenvalue weighted by Crippen LogP contribution is 2.15. The molecule has 0 fully saturated rings. The van der Waals surface area contributed by atoms with E-state index in [0.29, 0.717) is 5.02 Å². The van der Waals surface area contributed by atoms with Gasteiger partial charge in [0.25, 0.3) is 0 Å². The molecule has 0 saturated heterocycles. The van der Waals surface area contributed by atoms with Gasteiger partial charge in [-0.15, -0.1) is 0 Å². The van der Waals surface area contributed by atoms with Crippen molar-refractivity contribution in [3.8, 4) is 0 Å². The number of urea groups is 1. The number of amides is 3. The van der Waals surface area contributed by atoms with E-state index in [9.17, 15) is 9.59 Å². The van der Waals surface area contributed by atoms with Gasteiger partial charge in [0.2, 0.25) is 5.91 Å². The molecule has 0 bridgehead atoms. The van der Waals surface area contributed by atoms with Gasteiger partial charge in [-0.1, -0.05) is 30.7 Å². The van der Waals surface area contributed by atoms with Crippen molar-refractivity contribution in [3.63, 3.8) is 0 Å². The summed E-state index contributed by atoms with van der Waals surface area (Å²) in [7, 11) is 0. The molecule has 0 unspecified atom stereocenters. The van der Waals surface area contributed by atoms with Crippen LogP contribution in [0.4, 0.5) is 4.79 Å². The van der Waals surface area contributed by atoms with Crippen LogP contribution >= 0.6 is 11.6 Å². The number of halogens is 1. The van der Waals surface area contributed by atoms with Crippen LogP contribution in [0.5, 0.6) is 0 Å². The van der Waals surface area contributed by atoms with E-state index in [0.717, 1.165) is 12.0 Å². The maximum absolute atomic E-state index is 11.7. The lowest BCUT2D eigenvalue weighted by molar-refractivity contribution is -0.119. The first-order valence-electron chi connectivity index (χ1n) is 7.01. The minimum absolute atomic E-state index is 0.00866. The fraction of sp³-hybridized carbons (Fsp3) is 0.467. The van der Waals surface area contributed by atoms with Crippen molar-refractivity contribution in [2.24, 2.45) is 0 Å². The molecule has 3 amide bonds. The summed E-state index contributed by atoms with van der Waals surface area (Å²) in [6.07, 6.45) is 0.813. The molecule has 6 heteroatoms. The van der Waals surface area contributed by atoms with Crippen LogP contribution in [0.25, 0.3) is 0 Å². The Kier molecular flexibility index (Phi) is 7.19. The van der Waals surface area contributed by atoms with Crippen molar-refractivity contribution < 1.29 is 9.59 Å². The zero-order valence-corrected chi connectivity index (χ0v) is 13.3. The number of hydrogen-bond acceptors (Lipinski definition) is 3. The quantitative estimate of drug-likeness (QED) is 0.756. The van der Waals surface area contributed by atoms with Crippen LogP contribution in [-0.2, 0) is 4.79 Å². The number of nitrogens with one attached hydrogen (secondary N) is 3. The first-order chi connectivity index (χ1) is 9.92. The molecular formula is C15H22ClN3O2. The van der Waals surface area contributed by atoms with Crippen LogP contribution in [0.15, 0.2) is 24.3 Å². The van der Waals surface area contributed by atoms with Crippen molar-refractivity contribution in [1.82, 2.24) is 16.0 Å². The Morgan fingerprint density at radius 3 is 2.38 bits per heavy atom. The van der Waals surface area contributed by atoms with Crippen LogP contribution in [0, 0.1) is 0 Å². The van der Waals surface area contributed by atoms with Gasteiger partial charge < -0.3 is 10.6 Å². The normalized spacial score (nSPS) is 13.3. The highest BCUT2D eigenvalue weighted by molar-refractivity contribution is 6.30. The van der Waals surface area contributed by atoms with Crippen LogP contribution in [-0.4, -0.2) is 24.5 Å². The molecule has 0 spiro atoms. The summed E-state index contributed by atoms with van der Waals surface area (Å²) in [5, 5.41) is 8.69. The Hall–Kier alpha value is -1.59. The Labute approximate surface area is 130 Å². The molecule has 0 aliphatic heterocycles. The number of hydrogen-bond donors (Lipinski definition) is 3. The molecule has 1 aromatic rings. The predicted molar refractivity (Wildman–Crippen MR) is 84.3 cm³/mol. The minimum Gasteiger partial charge on any atom is -0.335 e. The Morgan fingerprint density at radius 1 is 1.19 bits per heavy atom. The molecule has 0 radical (unpaired) electrons. The zero-order valence-electron chi connectivity index (χ0n) is 12.6. The van der Waals surface area contributed by atoms with E-state index in [2.05, 4.69) is 16.0 Å². The van der Waals surface area contributed by atoms with Gasteiger partial charge in [-0.25, -0.2) is 4.79 Å². The van der Waals surface area contributed by atoms with Crippen molar-refractivity contribution >= 4 is 23.5 Å². The highest BCUT2D eigenvalue weighted by Gasteiger charge is 2.11. The molecule has 3 N–H and O–H groups in total. The molecule has 1 aromatic carbocycles. The van der Waals surface area contributed by atoms with E-state index in [1.54, 1.807) is 12.1 Å². The van der Waals surface area contributed by atoms with Crippen molar-refractivity contribution in [1.29, 1.82) is 0 Å². The van der Waals surface area contributed by atoms with Gasteiger partial charge in [-0.3, -0.25) is 10.1 Å². The average Bonchev–Trinajstić information content (AvgIpc) is 2.45. The molecule has 21 heavy (non-hydrogen) atoms. The third kappa shape index (κ3) is 6.60. The number of carbonyl (C=O) groups excluding carboxylic acids is 2. The lowest BCUT2D eigenvalue weighted by atomic mass is 10.1. The summed E-state index contributed by atoms with van der Waals surface area (Å²) in [5.41, 5.74) is 1.02. The predicted octanol–water partition coefficient (Wildman–Crippen LogP) is 2.61. The molecule has 5 nitrogen and oxygen atoms in total. The molecular weight excluding hydrogens is 290 g/mol. The zero-order chi connectivity index (χ0) is 15.8. The van der Waals surface area contributed by atoms with Gasteiger partial charge in [0.1, 0.15) is 0 Å². The van der Waals surface area contributed by atoms with Gasteiger partial charge in [0.05, 0.1) is 6.54 Å². The van der Waals surface area contributed by atoms with Gasteiger partial charge in [0, 0.05) is 17.1 Å². The summed E-state index contributed by atoms with van der Waals surface area (Å²) in [6.45, 7) is 5.85. The second kappa shape index (κ2) is 8.64. The monoisotopic (exact) mass is 311 g/mol. The van der Waals surface area contributed by atoms with E-state index < -0.39 is 6.03 Å². The van der Waals surface area contributed by atoms with E-state index in [-0.39, 0.29) is 24.5 Å².